The van der Waals surface area contributed by atoms with Crippen LogP contribution in [0.25, 0.3) is 0 Å². The minimum Gasteiger partial charge on any atom is -0.337 e. The van der Waals surface area contributed by atoms with E-state index < -0.39 is 0 Å². The van der Waals surface area contributed by atoms with Crippen LogP contribution in [0.2, 0.25) is 0 Å². The number of unbranched alkanes of at least 4 members (excludes halogenated alkanes) is 3. The first-order chi connectivity index (χ1) is 8.16. The zero-order valence-electron chi connectivity index (χ0n) is 11.9. The van der Waals surface area contributed by atoms with Crippen molar-refractivity contribution in [2.75, 3.05) is 6.54 Å². The second-order valence-electron chi connectivity index (χ2n) is 5.43. The van der Waals surface area contributed by atoms with Gasteiger partial charge in [0, 0.05) is 18.5 Å². The molecule has 0 atom stereocenters. The Morgan fingerprint density at radius 2 is 1.83 bits per heavy atom. The highest BCUT2D eigenvalue weighted by Gasteiger charge is 2.29. The number of rotatable bonds is 8. The van der Waals surface area contributed by atoms with E-state index in [2.05, 4.69) is 18.7 Å². The number of hydrogen-bond acceptors (Lipinski definition) is 2. The molecule has 0 aromatic rings. The number of halogens is 1. The zero-order valence-corrected chi connectivity index (χ0v) is 12.7. The molecule has 1 saturated carbocycles. The molecule has 0 unspecified atom stereocenters. The van der Waals surface area contributed by atoms with Crippen molar-refractivity contribution in [1.29, 1.82) is 0 Å². The van der Waals surface area contributed by atoms with E-state index >= 15 is 0 Å². The highest BCUT2D eigenvalue weighted by molar-refractivity contribution is 5.85. The molecule has 0 aliphatic heterocycles. The topological polar surface area (TPSA) is 46.3 Å². The Morgan fingerprint density at radius 3 is 2.28 bits per heavy atom. The van der Waals surface area contributed by atoms with E-state index in [0.29, 0.717) is 18.0 Å². The Labute approximate surface area is 118 Å². The van der Waals surface area contributed by atoms with Gasteiger partial charge in [0.05, 0.1) is 0 Å². The summed E-state index contributed by atoms with van der Waals surface area (Å²) in [5, 5.41) is 0. The fraction of sp³-hybridized carbons (Fsp3) is 0.929. The van der Waals surface area contributed by atoms with Crippen LogP contribution < -0.4 is 5.73 Å². The van der Waals surface area contributed by atoms with Crippen molar-refractivity contribution in [1.82, 2.24) is 4.90 Å². The summed E-state index contributed by atoms with van der Waals surface area (Å²) >= 11 is 0. The highest BCUT2D eigenvalue weighted by Crippen LogP contribution is 2.27. The van der Waals surface area contributed by atoms with Crippen LogP contribution in [0.1, 0.15) is 65.2 Å². The van der Waals surface area contributed by atoms with E-state index in [1.807, 2.05) is 0 Å². The van der Waals surface area contributed by atoms with Crippen LogP contribution in [0.4, 0.5) is 0 Å². The average Bonchev–Trinajstić information content (AvgIpc) is 2.22. The number of hydrogen-bond donors (Lipinski definition) is 1. The molecule has 1 rings (SSSR count). The van der Waals surface area contributed by atoms with Crippen LogP contribution in [0, 0.1) is 0 Å². The lowest BCUT2D eigenvalue weighted by atomic mass is 9.90. The van der Waals surface area contributed by atoms with Crippen molar-refractivity contribution in [3.8, 4) is 0 Å². The van der Waals surface area contributed by atoms with Gasteiger partial charge < -0.3 is 10.6 Å². The van der Waals surface area contributed by atoms with Gasteiger partial charge in [-0.3, -0.25) is 4.79 Å². The lowest BCUT2D eigenvalue weighted by molar-refractivity contribution is -0.137. The summed E-state index contributed by atoms with van der Waals surface area (Å²) in [5.41, 5.74) is 5.45. The van der Waals surface area contributed by atoms with E-state index in [1.165, 1.54) is 19.3 Å². The third-order valence-corrected chi connectivity index (χ3v) is 3.66. The lowest BCUT2D eigenvalue weighted by Gasteiger charge is -2.40. The zero-order chi connectivity index (χ0) is 12.7. The summed E-state index contributed by atoms with van der Waals surface area (Å²) in [5.74, 6) is 0.359. The predicted octanol–water partition coefficient (Wildman–Crippen LogP) is 3.11. The molecule has 3 nitrogen and oxygen atoms in total. The van der Waals surface area contributed by atoms with Gasteiger partial charge in [-0.2, -0.15) is 0 Å². The van der Waals surface area contributed by atoms with E-state index in [-0.39, 0.29) is 12.4 Å². The van der Waals surface area contributed by atoms with Crippen molar-refractivity contribution in [3.05, 3.63) is 0 Å². The standard InChI is InChI=1S/C14H28N2O.ClH/c1-12(2)16(13-8-7-9-13)14(17)10-5-3-4-6-11-15;/h12-13H,3-11,15H2,1-2H3;1H. The number of amides is 1. The predicted molar refractivity (Wildman–Crippen MR) is 79.0 cm³/mol. The largest absolute Gasteiger partial charge is 0.337 e. The molecule has 0 aromatic heterocycles. The van der Waals surface area contributed by atoms with Crippen LogP contribution >= 0.6 is 12.4 Å². The third-order valence-electron chi connectivity index (χ3n) is 3.66. The minimum atomic E-state index is 0. The summed E-state index contributed by atoms with van der Waals surface area (Å²) in [6.45, 7) is 5.03. The number of carbonyl (C=O) groups excluding carboxylic acids is 1. The van der Waals surface area contributed by atoms with Gasteiger partial charge in [0.25, 0.3) is 0 Å². The first kappa shape index (κ1) is 17.7. The highest BCUT2D eigenvalue weighted by atomic mass is 35.5. The Morgan fingerprint density at radius 1 is 1.22 bits per heavy atom. The number of carbonyl (C=O) groups is 1. The smallest absolute Gasteiger partial charge is 0.223 e. The monoisotopic (exact) mass is 276 g/mol. The van der Waals surface area contributed by atoms with Crippen LogP contribution in [-0.2, 0) is 4.79 Å². The molecular formula is C14H29ClN2O. The molecule has 0 heterocycles. The molecule has 0 aromatic carbocycles. The van der Waals surface area contributed by atoms with E-state index in [9.17, 15) is 4.79 Å². The van der Waals surface area contributed by atoms with Gasteiger partial charge in [-0.15, -0.1) is 12.4 Å². The SMILES string of the molecule is CC(C)N(C(=O)CCCCCCN)C1CCC1.Cl. The Balaban J connectivity index is 0.00000289. The fourth-order valence-electron chi connectivity index (χ4n) is 2.48. The van der Waals surface area contributed by atoms with Crippen LogP contribution in [0.3, 0.4) is 0 Å². The van der Waals surface area contributed by atoms with Crippen LogP contribution in [0.15, 0.2) is 0 Å². The average molecular weight is 277 g/mol. The molecule has 18 heavy (non-hydrogen) atoms. The van der Waals surface area contributed by atoms with Gasteiger partial charge in [-0.25, -0.2) is 0 Å². The van der Waals surface area contributed by atoms with Crippen LogP contribution in [-0.4, -0.2) is 29.4 Å². The molecule has 0 bridgehead atoms. The first-order valence-corrected chi connectivity index (χ1v) is 7.18. The Bertz CT molecular complexity index is 230. The van der Waals surface area contributed by atoms with E-state index in [1.54, 1.807) is 0 Å². The fourth-order valence-corrected chi connectivity index (χ4v) is 2.48. The van der Waals surface area contributed by atoms with E-state index in [0.717, 1.165) is 38.6 Å². The summed E-state index contributed by atoms with van der Waals surface area (Å²) < 4.78 is 0. The summed E-state index contributed by atoms with van der Waals surface area (Å²) in [7, 11) is 0. The molecule has 2 N–H and O–H groups in total. The van der Waals surface area contributed by atoms with Crippen molar-refractivity contribution in [3.63, 3.8) is 0 Å². The second kappa shape index (κ2) is 9.62. The molecule has 1 amide bonds. The molecule has 108 valence electrons. The molecule has 0 radical (unpaired) electrons. The van der Waals surface area contributed by atoms with Crippen molar-refractivity contribution >= 4 is 18.3 Å². The molecule has 1 aliphatic carbocycles. The molecule has 4 heteroatoms. The van der Waals surface area contributed by atoms with E-state index in [4.69, 9.17) is 5.73 Å². The van der Waals surface area contributed by atoms with Gasteiger partial charge in [-0.1, -0.05) is 12.8 Å². The third kappa shape index (κ3) is 5.57. The number of nitrogens with two attached hydrogens (primary N) is 1. The minimum absolute atomic E-state index is 0. The number of nitrogens with zero attached hydrogens (tertiary/aromatic N) is 1. The summed E-state index contributed by atoms with van der Waals surface area (Å²) in [4.78, 5) is 14.3. The maximum Gasteiger partial charge on any atom is 0.223 e. The van der Waals surface area contributed by atoms with Gasteiger partial charge in [0.2, 0.25) is 5.91 Å². The van der Waals surface area contributed by atoms with Crippen molar-refractivity contribution < 1.29 is 4.79 Å². The molecule has 0 spiro atoms. The van der Waals surface area contributed by atoms with Gasteiger partial charge in [0.1, 0.15) is 0 Å². The maximum atomic E-state index is 12.2. The summed E-state index contributed by atoms with van der Waals surface area (Å²) in [6, 6.07) is 0.892. The first-order valence-electron chi connectivity index (χ1n) is 7.18. The molecule has 0 saturated heterocycles. The van der Waals surface area contributed by atoms with Gasteiger partial charge in [0.15, 0.2) is 0 Å². The van der Waals surface area contributed by atoms with Crippen molar-refractivity contribution in [2.45, 2.75) is 77.3 Å². The van der Waals surface area contributed by atoms with Gasteiger partial charge in [-0.05, 0) is 52.5 Å². The quantitative estimate of drug-likeness (QED) is 0.693. The maximum absolute atomic E-state index is 12.2. The van der Waals surface area contributed by atoms with Crippen LogP contribution in [0.5, 0.6) is 0 Å². The normalized spacial score (nSPS) is 15.1. The van der Waals surface area contributed by atoms with Crippen molar-refractivity contribution in [2.24, 2.45) is 5.73 Å². The molecule has 1 fully saturated rings. The second-order valence-corrected chi connectivity index (χ2v) is 5.43. The molecule has 1 aliphatic rings. The Kier molecular flexibility index (Phi) is 9.47. The summed E-state index contributed by atoms with van der Waals surface area (Å²) in [6.07, 6.45) is 8.83. The lowest BCUT2D eigenvalue weighted by Crippen LogP contribution is -2.48. The van der Waals surface area contributed by atoms with Gasteiger partial charge >= 0.3 is 0 Å². The Hall–Kier alpha value is -0.280. The molecular weight excluding hydrogens is 248 g/mol.